The summed E-state index contributed by atoms with van der Waals surface area (Å²) < 4.78 is 18.5. The lowest BCUT2D eigenvalue weighted by atomic mass is 9.94. The molecular weight excluding hydrogens is 707 g/mol. The first-order valence-electron chi connectivity index (χ1n) is 18.5. The molecule has 0 aliphatic carbocycles. The van der Waals surface area contributed by atoms with Crippen molar-refractivity contribution >= 4 is 39.8 Å². The van der Waals surface area contributed by atoms with Crippen LogP contribution in [0.5, 0.6) is 0 Å². The van der Waals surface area contributed by atoms with E-state index < -0.39 is 5.97 Å². The number of morpholine rings is 1. The Morgan fingerprint density at radius 3 is 1.77 bits per heavy atom. The van der Waals surface area contributed by atoms with Crippen molar-refractivity contribution in [3.63, 3.8) is 0 Å². The van der Waals surface area contributed by atoms with E-state index in [2.05, 4.69) is 71.9 Å². The summed E-state index contributed by atoms with van der Waals surface area (Å²) in [7, 11) is 0. The summed E-state index contributed by atoms with van der Waals surface area (Å²) in [6, 6.07) is 36.4. The molecule has 8 aromatic rings. The van der Waals surface area contributed by atoms with Gasteiger partial charge in [-0.25, -0.2) is 19.9 Å². The summed E-state index contributed by atoms with van der Waals surface area (Å²) in [5.41, 5.74) is 8.05. The number of nitrogens with one attached hydrogen (secondary N) is 2. The second-order valence-corrected chi connectivity index (χ2v) is 13.4. The molecule has 0 unspecified atom stereocenters. The minimum atomic E-state index is -1.00. The molecule has 12 heteroatoms. The van der Waals surface area contributed by atoms with Crippen LogP contribution in [0.1, 0.15) is 0 Å². The van der Waals surface area contributed by atoms with E-state index in [4.69, 9.17) is 13.6 Å². The molecule has 0 radical (unpaired) electrons. The second-order valence-electron chi connectivity index (χ2n) is 13.4. The topological polar surface area (TPSA) is 152 Å². The van der Waals surface area contributed by atoms with Crippen molar-refractivity contribution in [2.24, 2.45) is 0 Å². The molecule has 0 bridgehead atoms. The number of carboxylic acids is 1. The van der Waals surface area contributed by atoms with Gasteiger partial charge in [0.05, 0.1) is 24.0 Å². The lowest BCUT2D eigenvalue weighted by molar-refractivity contribution is -0.134. The third-order valence-corrected chi connectivity index (χ3v) is 9.92. The van der Waals surface area contributed by atoms with Crippen molar-refractivity contribution in [2.75, 3.05) is 56.6 Å². The molecule has 9 rings (SSSR count). The summed E-state index contributed by atoms with van der Waals surface area (Å²) in [5.74, 6) is 1.40. The summed E-state index contributed by atoms with van der Waals surface area (Å²) in [6.07, 6.45) is 2.91. The molecule has 4 aromatic carbocycles. The van der Waals surface area contributed by atoms with Gasteiger partial charge in [0.15, 0.2) is 0 Å². The molecule has 56 heavy (non-hydrogen) atoms. The van der Waals surface area contributed by atoms with Crippen LogP contribution in [-0.4, -0.2) is 81.8 Å². The number of carboxylic acid groups (broad SMARTS) is 1. The second kappa shape index (κ2) is 15.5. The minimum Gasteiger partial charge on any atom is -0.480 e. The number of carbonyl (C=O) groups is 1. The summed E-state index contributed by atoms with van der Waals surface area (Å²) in [6.45, 7) is 4.61. The van der Waals surface area contributed by atoms with Gasteiger partial charge in [-0.05, 0) is 34.4 Å². The highest BCUT2D eigenvalue weighted by molar-refractivity contribution is 6.07. The smallest absolute Gasteiger partial charge is 0.322 e. The van der Waals surface area contributed by atoms with Crippen LogP contribution in [0.2, 0.25) is 0 Å². The average Bonchev–Trinajstić information content (AvgIpc) is 3.85. The Morgan fingerprint density at radius 2 is 1.12 bits per heavy atom. The van der Waals surface area contributed by atoms with Gasteiger partial charge >= 0.3 is 5.97 Å². The van der Waals surface area contributed by atoms with Gasteiger partial charge in [-0.15, -0.1) is 0 Å². The fourth-order valence-electron chi connectivity index (χ4n) is 7.30. The third kappa shape index (κ3) is 6.94. The van der Waals surface area contributed by atoms with Crippen molar-refractivity contribution in [3.8, 4) is 56.0 Å². The highest BCUT2D eigenvalue weighted by Gasteiger charge is 2.25. The Kier molecular flexibility index (Phi) is 9.62. The van der Waals surface area contributed by atoms with E-state index in [1.54, 1.807) is 6.33 Å². The molecule has 1 aliphatic rings. The van der Waals surface area contributed by atoms with Crippen molar-refractivity contribution < 1.29 is 23.5 Å². The number of hydrogen-bond donors (Lipinski definition) is 3. The monoisotopic (exact) mass is 743 g/mol. The van der Waals surface area contributed by atoms with Gasteiger partial charge < -0.3 is 29.3 Å². The number of nitrogens with zero attached hydrogens (tertiary/aromatic N) is 5. The third-order valence-electron chi connectivity index (χ3n) is 9.92. The molecule has 1 aliphatic heterocycles. The largest absolute Gasteiger partial charge is 0.480 e. The van der Waals surface area contributed by atoms with Crippen LogP contribution >= 0.6 is 0 Å². The average molecular weight is 744 g/mol. The molecular formula is C44H37N7O5. The lowest BCUT2D eigenvalue weighted by Crippen LogP contribution is -2.39. The highest BCUT2D eigenvalue weighted by Crippen LogP contribution is 2.45. The Balaban J connectivity index is 1.13. The number of ether oxygens (including phenoxy) is 1. The van der Waals surface area contributed by atoms with Gasteiger partial charge in [0.25, 0.3) is 0 Å². The zero-order valence-electron chi connectivity index (χ0n) is 30.3. The van der Waals surface area contributed by atoms with Gasteiger partial charge in [-0.3, -0.25) is 9.69 Å². The van der Waals surface area contributed by atoms with Gasteiger partial charge in [0, 0.05) is 48.4 Å². The standard InChI is InChI=1S/C44H37N7O5/c52-34(53)25-46-42-38-36(39(29-11-5-2-6-12-29)55-44(38)50-27-48-42)32-15-7-13-30(23-32)31-14-8-16-33(24-31)40-35(28-9-3-1-4-10-28)37-41(47-26-49-43(37)56-40)45-17-18-51-19-21-54-22-20-51/h1-16,23-24,26-27H,17-22,25H2,(H,52,53)(H,45,47,49)(H,46,48,50). The minimum absolute atomic E-state index is 0.311. The summed E-state index contributed by atoms with van der Waals surface area (Å²) in [4.78, 5) is 32.0. The zero-order valence-corrected chi connectivity index (χ0v) is 30.3. The van der Waals surface area contributed by atoms with Crippen LogP contribution in [0.3, 0.4) is 0 Å². The van der Waals surface area contributed by atoms with Crippen molar-refractivity contribution in [2.45, 2.75) is 0 Å². The first kappa shape index (κ1) is 34.9. The maximum atomic E-state index is 11.5. The Labute approximate surface area is 321 Å². The molecule has 4 aromatic heterocycles. The Bertz CT molecular complexity index is 2650. The predicted molar refractivity (Wildman–Crippen MR) is 216 cm³/mol. The molecule has 1 fully saturated rings. The van der Waals surface area contributed by atoms with Crippen LogP contribution < -0.4 is 10.6 Å². The quantitative estimate of drug-likeness (QED) is 0.110. The van der Waals surface area contributed by atoms with E-state index in [0.29, 0.717) is 40.7 Å². The SMILES string of the molecule is O=C(O)CNc1ncnc2oc(-c3ccccc3)c(-c3cccc(-c4cccc(-c5oc6ncnc(NCCN7CCOCC7)c6c5-c5ccccc5)c4)c3)c12. The first-order valence-corrected chi connectivity index (χ1v) is 18.5. The van der Waals surface area contributed by atoms with Crippen LogP contribution in [0.25, 0.3) is 78.2 Å². The van der Waals surface area contributed by atoms with Crippen molar-refractivity contribution in [1.29, 1.82) is 0 Å². The number of aromatic nitrogens is 4. The predicted octanol–water partition coefficient (Wildman–Crippen LogP) is 8.33. The van der Waals surface area contributed by atoms with E-state index in [9.17, 15) is 9.90 Å². The van der Waals surface area contributed by atoms with E-state index in [1.165, 1.54) is 6.33 Å². The molecule has 0 saturated carbocycles. The number of anilines is 2. The van der Waals surface area contributed by atoms with Crippen LogP contribution in [0, 0.1) is 0 Å². The number of benzene rings is 4. The van der Waals surface area contributed by atoms with Crippen LogP contribution in [0.15, 0.2) is 131 Å². The van der Waals surface area contributed by atoms with E-state index in [0.717, 1.165) is 88.6 Å². The van der Waals surface area contributed by atoms with Gasteiger partial charge in [-0.1, -0.05) is 97.1 Å². The molecule has 1 saturated heterocycles. The summed E-state index contributed by atoms with van der Waals surface area (Å²) in [5, 5.41) is 17.4. The maximum absolute atomic E-state index is 11.5. The number of furan rings is 2. The molecule has 0 atom stereocenters. The number of aliphatic carboxylic acids is 1. The van der Waals surface area contributed by atoms with E-state index in [1.807, 2.05) is 72.8 Å². The normalized spacial score (nSPS) is 13.3. The molecule has 0 spiro atoms. The molecule has 3 N–H and O–H groups in total. The Hall–Kier alpha value is -6.89. The zero-order chi connectivity index (χ0) is 37.8. The fourth-order valence-corrected chi connectivity index (χ4v) is 7.30. The van der Waals surface area contributed by atoms with Crippen LogP contribution in [-0.2, 0) is 9.53 Å². The van der Waals surface area contributed by atoms with Gasteiger partial charge in [0.2, 0.25) is 11.4 Å². The van der Waals surface area contributed by atoms with Crippen molar-refractivity contribution in [1.82, 2.24) is 24.8 Å². The fraction of sp³-hybridized carbons (Fsp3) is 0.159. The molecule has 0 amide bonds. The highest BCUT2D eigenvalue weighted by atomic mass is 16.5. The van der Waals surface area contributed by atoms with E-state index >= 15 is 0 Å². The van der Waals surface area contributed by atoms with Crippen LogP contribution in [0.4, 0.5) is 11.6 Å². The Morgan fingerprint density at radius 1 is 0.607 bits per heavy atom. The lowest BCUT2D eigenvalue weighted by Gasteiger charge is -2.26. The number of fused-ring (bicyclic) bond motifs is 2. The van der Waals surface area contributed by atoms with E-state index in [-0.39, 0.29) is 6.54 Å². The van der Waals surface area contributed by atoms with Crippen molar-refractivity contribution in [3.05, 3.63) is 122 Å². The van der Waals surface area contributed by atoms with Gasteiger partial charge in [0.1, 0.15) is 42.4 Å². The maximum Gasteiger partial charge on any atom is 0.322 e. The summed E-state index contributed by atoms with van der Waals surface area (Å²) >= 11 is 0. The number of hydrogen-bond acceptors (Lipinski definition) is 11. The van der Waals surface area contributed by atoms with Gasteiger partial charge in [-0.2, -0.15) is 0 Å². The molecule has 5 heterocycles. The number of rotatable bonds is 12. The molecule has 12 nitrogen and oxygen atoms in total. The molecule has 278 valence electrons. The first-order chi connectivity index (χ1) is 27.6.